The number of aliphatic hydroxyl groups is 1. The second kappa shape index (κ2) is 7.03. The van der Waals surface area contributed by atoms with Crippen molar-refractivity contribution in [3.8, 4) is 0 Å². The molecule has 26 heavy (non-hydrogen) atoms. The molecule has 4 rings (SSSR count). The number of likely N-dealkylation sites (tertiary alicyclic amines) is 2. The van der Waals surface area contributed by atoms with E-state index in [4.69, 9.17) is 0 Å². The van der Waals surface area contributed by atoms with Crippen molar-refractivity contribution >= 4 is 22.7 Å². The largest absolute Gasteiger partial charge is 0.391 e. The molecule has 6 heteroatoms. The fourth-order valence-electron chi connectivity index (χ4n) is 3.88. The zero-order valence-electron chi connectivity index (χ0n) is 14.7. The van der Waals surface area contributed by atoms with E-state index < -0.39 is 6.10 Å². The van der Waals surface area contributed by atoms with Gasteiger partial charge in [-0.25, -0.2) is 0 Å². The first kappa shape index (κ1) is 17.0. The van der Waals surface area contributed by atoms with Gasteiger partial charge >= 0.3 is 0 Å². The average Bonchev–Trinajstić information content (AvgIpc) is 3.21. The van der Waals surface area contributed by atoms with Gasteiger partial charge in [0, 0.05) is 43.1 Å². The normalized spacial score (nSPS) is 23.2. The van der Waals surface area contributed by atoms with Gasteiger partial charge in [0.05, 0.1) is 18.2 Å². The van der Waals surface area contributed by atoms with Gasteiger partial charge in [0.25, 0.3) is 0 Å². The van der Waals surface area contributed by atoms with Crippen molar-refractivity contribution in [2.45, 2.75) is 25.4 Å². The lowest BCUT2D eigenvalue weighted by atomic mass is 9.99. The van der Waals surface area contributed by atoms with Gasteiger partial charge < -0.3 is 14.9 Å². The number of carbonyl (C=O) groups excluding carboxylic acids is 2. The van der Waals surface area contributed by atoms with Crippen LogP contribution < -0.4 is 0 Å². The first-order valence-corrected chi connectivity index (χ1v) is 9.18. The van der Waals surface area contributed by atoms with Gasteiger partial charge in [-0.05, 0) is 25.0 Å². The second-order valence-corrected chi connectivity index (χ2v) is 7.24. The van der Waals surface area contributed by atoms with Crippen molar-refractivity contribution in [2.24, 2.45) is 5.92 Å². The summed E-state index contributed by atoms with van der Waals surface area (Å²) in [4.78, 5) is 32.1. The van der Waals surface area contributed by atoms with Crippen LogP contribution in [-0.2, 0) is 16.0 Å². The molecule has 6 nitrogen and oxygen atoms in total. The smallest absolute Gasteiger partial charge is 0.242 e. The maximum absolute atomic E-state index is 12.5. The SMILES string of the molecule is O=C1CCCN1CC(=O)N1C[C@@H](Cc2ccc3ccccc3n2)[C@H](O)C1. The van der Waals surface area contributed by atoms with Crippen molar-refractivity contribution in [1.29, 1.82) is 0 Å². The summed E-state index contributed by atoms with van der Waals surface area (Å²) < 4.78 is 0. The summed E-state index contributed by atoms with van der Waals surface area (Å²) in [6.45, 7) is 1.63. The fraction of sp³-hybridized carbons (Fsp3) is 0.450. The Hall–Kier alpha value is -2.47. The van der Waals surface area contributed by atoms with E-state index in [0.717, 1.165) is 23.0 Å². The molecule has 0 spiro atoms. The topological polar surface area (TPSA) is 73.7 Å². The van der Waals surface area contributed by atoms with Crippen LogP contribution in [0.25, 0.3) is 10.9 Å². The highest BCUT2D eigenvalue weighted by molar-refractivity contribution is 5.86. The number of rotatable bonds is 4. The molecule has 2 amide bonds. The minimum Gasteiger partial charge on any atom is -0.391 e. The number of β-amino-alcohol motifs (C(OH)–C–C–N with tert-alkyl or cyclic N) is 1. The van der Waals surface area contributed by atoms with Gasteiger partial charge in [0.15, 0.2) is 0 Å². The van der Waals surface area contributed by atoms with E-state index in [9.17, 15) is 14.7 Å². The Labute approximate surface area is 152 Å². The third-order valence-corrected chi connectivity index (χ3v) is 5.38. The molecule has 2 saturated heterocycles. The molecule has 2 aromatic rings. The highest BCUT2D eigenvalue weighted by Gasteiger charge is 2.35. The maximum atomic E-state index is 12.5. The fourth-order valence-corrected chi connectivity index (χ4v) is 3.88. The Balaban J connectivity index is 1.39. The molecule has 3 heterocycles. The molecule has 2 aliphatic heterocycles. The highest BCUT2D eigenvalue weighted by atomic mass is 16.3. The van der Waals surface area contributed by atoms with E-state index in [1.807, 2.05) is 36.4 Å². The summed E-state index contributed by atoms with van der Waals surface area (Å²) in [5, 5.41) is 11.5. The average molecular weight is 353 g/mol. The van der Waals surface area contributed by atoms with Crippen LogP contribution in [0.3, 0.4) is 0 Å². The molecular weight excluding hydrogens is 330 g/mol. The summed E-state index contributed by atoms with van der Waals surface area (Å²) in [6.07, 6.45) is 1.44. The lowest BCUT2D eigenvalue weighted by Crippen LogP contribution is -2.40. The Morgan fingerprint density at radius 1 is 1.19 bits per heavy atom. The minimum absolute atomic E-state index is 0.0260. The Morgan fingerprint density at radius 3 is 2.85 bits per heavy atom. The quantitative estimate of drug-likeness (QED) is 0.897. The molecule has 0 saturated carbocycles. The van der Waals surface area contributed by atoms with Crippen LogP contribution in [0.2, 0.25) is 0 Å². The van der Waals surface area contributed by atoms with Gasteiger partial charge in [-0.3, -0.25) is 14.6 Å². The van der Waals surface area contributed by atoms with E-state index in [1.54, 1.807) is 9.80 Å². The molecule has 0 aliphatic carbocycles. The number of amides is 2. The number of nitrogens with zero attached hydrogens (tertiary/aromatic N) is 3. The van der Waals surface area contributed by atoms with Crippen LogP contribution in [0.1, 0.15) is 18.5 Å². The first-order valence-electron chi connectivity index (χ1n) is 9.18. The first-order chi connectivity index (χ1) is 12.6. The molecule has 1 aromatic heterocycles. The number of hydrogen-bond acceptors (Lipinski definition) is 4. The highest BCUT2D eigenvalue weighted by Crippen LogP contribution is 2.23. The van der Waals surface area contributed by atoms with Crippen LogP contribution in [0.15, 0.2) is 36.4 Å². The van der Waals surface area contributed by atoms with Crippen molar-refractivity contribution < 1.29 is 14.7 Å². The molecule has 2 aliphatic rings. The molecule has 0 radical (unpaired) electrons. The summed E-state index contributed by atoms with van der Waals surface area (Å²) in [5.74, 6) is -0.0508. The number of aromatic nitrogens is 1. The second-order valence-electron chi connectivity index (χ2n) is 7.24. The Kier molecular flexibility index (Phi) is 4.59. The molecule has 0 bridgehead atoms. The van der Waals surface area contributed by atoms with Gasteiger partial charge in [-0.2, -0.15) is 0 Å². The van der Waals surface area contributed by atoms with Crippen LogP contribution in [-0.4, -0.2) is 64.0 Å². The predicted molar refractivity (Wildman–Crippen MR) is 97.3 cm³/mol. The minimum atomic E-state index is -0.554. The number of hydrogen-bond donors (Lipinski definition) is 1. The Morgan fingerprint density at radius 2 is 2.04 bits per heavy atom. The summed E-state index contributed by atoms with van der Waals surface area (Å²) >= 11 is 0. The third-order valence-electron chi connectivity index (χ3n) is 5.38. The van der Waals surface area contributed by atoms with E-state index in [2.05, 4.69) is 4.98 Å². The third kappa shape index (κ3) is 3.42. The molecule has 2 fully saturated rings. The zero-order chi connectivity index (χ0) is 18.1. The van der Waals surface area contributed by atoms with Crippen molar-refractivity contribution in [2.75, 3.05) is 26.2 Å². The van der Waals surface area contributed by atoms with Crippen LogP contribution in [0, 0.1) is 5.92 Å². The summed E-state index contributed by atoms with van der Waals surface area (Å²) in [7, 11) is 0. The van der Waals surface area contributed by atoms with Gasteiger partial charge in [-0.1, -0.05) is 24.3 Å². The number of aliphatic hydroxyl groups excluding tert-OH is 1. The number of pyridine rings is 1. The molecular formula is C20H23N3O3. The van der Waals surface area contributed by atoms with E-state index in [0.29, 0.717) is 32.5 Å². The summed E-state index contributed by atoms with van der Waals surface area (Å²) in [5.41, 5.74) is 1.87. The van der Waals surface area contributed by atoms with E-state index in [-0.39, 0.29) is 24.3 Å². The van der Waals surface area contributed by atoms with E-state index >= 15 is 0 Å². The molecule has 1 aromatic carbocycles. The number of carbonyl (C=O) groups is 2. The van der Waals surface area contributed by atoms with Gasteiger partial charge in [-0.15, -0.1) is 0 Å². The number of benzene rings is 1. The standard InChI is InChI=1S/C20H23N3O3/c24-18-12-23(20(26)13-22-9-3-6-19(22)25)11-15(18)10-16-8-7-14-4-1-2-5-17(14)21-16/h1-2,4-5,7-8,15,18,24H,3,6,9-13H2/t15-,18-/m1/s1. The maximum Gasteiger partial charge on any atom is 0.242 e. The van der Waals surface area contributed by atoms with E-state index in [1.165, 1.54) is 0 Å². The van der Waals surface area contributed by atoms with Crippen molar-refractivity contribution in [1.82, 2.24) is 14.8 Å². The van der Waals surface area contributed by atoms with Crippen LogP contribution in [0.4, 0.5) is 0 Å². The van der Waals surface area contributed by atoms with Crippen LogP contribution >= 0.6 is 0 Å². The van der Waals surface area contributed by atoms with Gasteiger partial charge in [0.1, 0.15) is 0 Å². The number of fused-ring (bicyclic) bond motifs is 1. The molecule has 136 valence electrons. The predicted octanol–water partition coefficient (Wildman–Crippen LogP) is 1.22. The van der Waals surface area contributed by atoms with Gasteiger partial charge in [0.2, 0.25) is 11.8 Å². The molecule has 1 N–H and O–H groups in total. The van der Waals surface area contributed by atoms with Crippen LogP contribution in [0.5, 0.6) is 0 Å². The molecule has 2 atom stereocenters. The van der Waals surface area contributed by atoms with Crippen molar-refractivity contribution in [3.63, 3.8) is 0 Å². The zero-order valence-corrected chi connectivity index (χ0v) is 14.7. The molecule has 0 unspecified atom stereocenters. The monoisotopic (exact) mass is 353 g/mol. The lowest BCUT2D eigenvalue weighted by Gasteiger charge is -2.21. The lowest BCUT2D eigenvalue weighted by molar-refractivity contribution is -0.137. The van der Waals surface area contributed by atoms with Crippen molar-refractivity contribution in [3.05, 3.63) is 42.1 Å². The number of para-hydroxylation sites is 1. The summed E-state index contributed by atoms with van der Waals surface area (Å²) in [6, 6.07) is 12.0. The Bertz CT molecular complexity index is 838.